The Labute approximate surface area is 158 Å². The smallest absolute Gasteiger partial charge is 0.138 e. The van der Waals surface area contributed by atoms with Crippen LogP contribution in [-0.2, 0) is 0 Å². The summed E-state index contributed by atoms with van der Waals surface area (Å²) in [6.45, 7) is 4.26. The zero-order chi connectivity index (χ0) is 18.1. The van der Waals surface area contributed by atoms with E-state index in [0.29, 0.717) is 11.1 Å². The molecular formula is C21H19ClN4. The van der Waals surface area contributed by atoms with Gasteiger partial charge in [-0.3, -0.25) is 4.57 Å². The minimum absolute atomic E-state index is 0.271. The quantitative estimate of drug-likeness (QED) is 0.500. The lowest BCUT2D eigenvalue weighted by molar-refractivity contribution is 0.741. The Bertz CT molecular complexity index is 1010. The van der Waals surface area contributed by atoms with Crippen LogP contribution in [0.2, 0.25) is 5.15 Å². The van der Waals surface area contributed by atoms with Gasteiger partial charge in [-0.05, 0) is 43.0 Å². The van der Waals surface area contributed by atoms with Crippen LogP contribution in [0.5, 0.6) is 0 Å². The molecule has 0 bridgehead atoms. The summed E-state index contributed by atoms with van der Waals surface area (Å²) in [5.74, 6) is 8.99. The Morgan fingerprint density at radius 3 is 2.73 bits per heavy atom. The van der Waals surface area contributed by atoms with Crippen LogP contribution in [0.1, 0.15) is 61.3 Å². The number of hydrogen-bond donors (Lipinski definition) is 0. The van der Waals surface area contributed by atoms with Crippen LogP contribution in [0.25, 0.3) is 5.82 Å². The van der Waals surface area contributed by atoms with Crippen LogP contribution >= 0.6 is 11.6 Å². The van der Waals surface area contributed by atoms with Crippen molar-refractivity contribution in [2.24, 2.45) is 0 Å². The summed E-state index contributed by atoms with van der Waals surface area (Å²) in [7, 11) is 0. The fourth-order valence-electron chi connectivity index (χ4n) is 2.84. The van der Waals surface area contributed by atoms with Crippen molar-refractivity contribution in [3.05, 3.63) is 70.7 Å². The molecule has 0 saturated heterocycles. The Morgan fingerprint density at radius 2 is 2.00 bits per heavy atom. The molecule has 1 aliphatic rings. The SMILES string of the molecule is CC(C)c1nc(C#Cc2ccnc(Cl)c2)cn1-c1cccc(C2CC2)n1. The normalized spacial score (nSPS) is 13.5. The minimum atomic E-state index is 0.271. The highest BCUT2D eigenvalue weighted by atomic mass is 35.5. The monoisotopic (exact) mass is 362 g/mol. The lowest BCUT2D eigenvalue weighted by Crippen LogP contribution is -2.05. The molecule has 0 spiro atoms. The van der Waals surface area contributed by atoms with Gasteiger partial charge in [-0.1, -0.05) is 37.4 Å². The van der Waals surface area contributed by atoms with Gasteiger partial charge in [-0.25, -0.2) is 15.0 Å². The number of nitrogens with zero attached hydrogens (tertiary/aromatic N) is 4. The Morgan fingerprint density at radius 1 is 1.15 bits per heavy atom. The fraction of sp³-hybridized carbons (Fsp3) is 0.286. The molecule has 0 radical (unpaired) electrons. The van der Waals surface area contributed by atoms with Gasteiger partial charge in [0.05, 0.1) is 0 Å². The number of pyridine rings is 2. The second kappa shape index (κ2) is 6.93. The van der Waals surface area contributed by atoms with E-state index in [1.165, 1.54) is 18.5 Å². The fourth-order valence-corrected chi connectivity index (χ4v) is 3.02. The van der Waals surface area contributed by atoms with Crippen molar-refractivity contribution in [3.63, 3.8) is 0 Å². The molecule has 0 aliphatic heterocycles. The minimum Gasteiger partial charge on any atom is -0.286 e. The highest BCUT2D eigenvalue weighted by Crippen LogP contribution is 2.39. The molecule has 5 heteroatoms. The third-order valence-electron chi connectivity index (χ3n) is 4.31. The third-order valence-corrected chi connectivity index (χ3v) is 4.52. The molecule has 4 rings (SSSR count). The lowest BCUT2D eigenvalue weighted by atomic mass is 10.2. The van der Waals surface area contributed by atoms with E-state index in [1.807, 2.05) is 18.3 Å². The summed E-state index contributed by atoms with van der Waals surface area (Å²) in [6, 6.07) is 9.79. The van der Waals surface area contributed by atoms with E-state index in [2.05, 4.69) is 47.4 Å². The molecule has 130 valence electrons. The summed E-state index contributed by atoms with van der Waals surface area (Å²) in [6.07, 6.45) is 6.09. The van der Waals surface area contributed by atoms with E-state index in [9.17, 15) is 0 Å². The van der Waals surface area contributed by atoms with Crippen molar-refractivity contribution in [3.8, 4) is 17.7 Å². The van der Waals surface area contributed by atoms with Gasteiger partial charge >= 0.3 is 0 Å². The summed E-state index contributed by atoms with van der Waals surface area (Å²) < 4.78 is 2.06. The van der Waals surface area contributed by atoms with E-state index < -0.39 is 0 Å². The Hall–Kier alpha value is -2.64. The Kier molecular flexibility index (Phi) is 4.48. The van der Waals surface area contributed by atoms with E-state index in [-0.39, 0.29) is 5.92 Å². The molecule has 26 heavy (non-hydrogen) atoms. The highest BCUT2D eigenvalue weighted by molar-refractivity contribution is 6.29. The molecule has 3 aromatic heterocycles. The van der Waals surface area contributed by atoms with Gasteiger partial charge in [-0.15, -0.1) is 0 Å². The van der Waals surface area contributed by atoms with Gasteiger partial charge in [0.15, 0.2) is 0 Å². The molecule has 3 heterocycles. The van der Waals surface area contributed by atoms with Crippen LogP contribution in [0.3, 0.4) is 0 Å². The predicted octanol–water partition coefficient (Wildman–Crippen LogP) is 4.72. The number of imidazole rings is 1. The molecule has 0 atom stereocenters. The molecule has 1 fully saturated rings. The second-order valence-electron chi connectivity index (χ2n) is 6.82. The molecule has 0 N–H and O–H groups in total. The summed E-state index contributed by atoms with van der Waals surface area (Å²) in [4.78, 5) is 13.5. The first-order chi connectivity index (χ1) is 12.6. The summed E-state index contributed by atoms with van der Waals surface area (Å²) in [5.41, 5.74) is 2.71. The van der Waals surface area contributed by atoms with Crippen molar-refractivity contribution in [2.75, 3.05) is 0 Å². The molecule has 4 nitrogen and oxygen atoms in total. The number of rotatable bonds is 3. The van der Waals surface area contributed by atoms with E-state index in [0.717, 1.165) is 22.9 Å². The summed E-state index contributed by atoms with van der Waals surface area (Å²) in [5, 5.41) is 0.436. The summed E-state index contributed by atoms with van der Waals surface area (Å²) >= 11 is 5.92. The second-order valence-corrected chi connectivity index (χ2v) is 7.21. The zero-order valence-electron chi connectivity index (χ0n) is 14.8. The number of halogens is 1. The molecule has 3 aromatic rings. The molecular weight excluding hydrogens is 344 g/mol. The van der Waals surface area contributed by atoms with E-state index in [1.54, 1.807) is 12.3 Å². The van der Waals surface area contributed by atoms with Crippen molar-refractivity contribution in [2.45, 2.75) is 38.5 Å². The Balaban J connectivity index is 1.71. The topological polar surface area (TPSA) is 43.6 Å². The standard InChI is InChI=1S/C21H19ClN4/c1-14(2)21-24-17(9-6-15-10-11-23-19(22)12-15)13-26(21)20-5-3-4-18(25-20)16-7-8-16/h3-5,10-14,16H,7-8H2,1-2H3. The van der Waals surface area contributed by atoms with Crippen LogP contribution in [-0.4, -0.2) is 19.5 Å². The third kappa shape index (κ3) is 3.63. The van der Waals surface area contributed by atoms with Gasteiger partial charge in [0.2, 0.25) is 0 Å². The maximum Gasteiger partial charge on any atom is 0.138 e. The first-order valence-corrected chi connectivity index (χ1v) is 9.18. The highest BCUT2D eigenvalue weighted by Gasteiger charge is 2.25. The predicted molar refractivity (Wildman–Crippen MR) is 103 cm³/mol. The van der Waals surface area contributed by atoms with Gasteiger partial charge in [0, 0.05) is 35.5 Å². The molecule has 0 amide bonds. The van der Waals surface area contributed by atoms with Crippen LogP contribution in [0, 0.1) is 11.8 Å². The van der Waals surface area contributed by atoms with Gasteiger partial charge in [-0.2, -0.15) is 0 Å². The zero-order valence-corrected chi connectivity index (χ0v) is 15.5. The van der Waals surface area contributed by atoms with Crippen LogP contribution < -0.4 is 0 Å². The maximum atomic E-state index is 5.92. The van der Waals surface area contributed by atoms with Crippen LogP contribution in [0.4, 0.5) is 0 Å². The van der Waals surface area contributed by atoms with Crippen molar-refractivity contribution < 1.29 is 0 Å². The molecule has 1 saturated carbocycles. The van der Waals surface area contributed by atoms with Gasteiger partial charge < -0.3 is 0 Å². The van der Waals surface area contributed by atoms with Gasteiger partial charge in [0.25, 0.3) is 0 Å². The van der Waals surface area contributed by atoms with Crippen molar-refractivity contribution >= 4 is 11.6 Å². The first-order valence-electron chi connectivity index (χ1n) is 8.80. The maximum absolute atomic E-state index is 5.92. The number of hydrogen-bond acceptors (Lipinski definition) is 3. The average molecular weight is 363 g/mol. The molecule has 0 unspecified atom stereocenters. The lowest BCUT2D eigenvalue weighted by Gasteiger charge is -2.10. The first kappa shape index (κ1) is 16.8. The largest absolute Gasteiger partial charge is 0.286 e. The van der Waals surface area contributed by atoms with Gasteiger partial charge in [0.1, 0.15) is 22.5 Å². The van der Waals surface area contributed by atoms with E-state index in [4.69, 9.17) is 21.6 Å². The average Bonchev–Trinajstić information content (AvgIpc) is 3.39. The molecule has 0 aromatic carbocycles. The van der Waals surface area contributed by atoms with E-state index >= 15 is 0 Å². The van der Waals surface area contributed by atoms with Crippen LogP contribution in [0.15, 0.2) is 42.7 Å². The molecule has 1 aliphatic carbocycles. The van der Waals surface area contributed by atoms with Crippen molar-refractivity contribution in [1.29, 1.82) is 0 Å². The van der Waals surface area contributed by atoms with Crippen molar-refractivity contribution in [1.82, 2.24) is 19.5 Å². The number of aromatic nitrogens is 4.